The first-order valence-electron chi connectivity index (χ1n) is 11.6. The van der Waals surface area contributed by atoms with Crippen LogP contribution in [0.25, 0.3) is 0 Å². The van der Waals surface area contributed by atoms with Gasteiger partial charge in [0.25, 0.3) is 0 Å². The number of primary amides is 1. The van der Waals surface area contributed by atoms with Crippen molar-refractivity contribution in [2.75, 3.05) is 6.61 Å². The molecular weight excluding hydrogens is 450 g/mol. The number of amides is 3. The largest absolute Gasteiger partial charge is 0.466 e. The van der Waals surface area contributed by atoms with Gasteiger partial charge in [0, 0.05) is 6.42 Å². The molecule has 1 aliphatic heterocycles. The Kier molecular flexibility index (Phi) is 8.83. The summed E-state index contributed by atoms with van der Waals surface area (Å²) < 4.78 is 10.5. The molecule has 35 heavy (non-hydrogen) atoms. The summed E-state index contributed by atoms with van der Waals surface area (Å²) in [5.41, 5.74) is 8.17. The monoisotopic (exact) mass is 481 g/mol. The maximum Gasteiger partial charge on any atom is 0.411 e. The Bertz CT molecular complexity index is 1060. The van der Waals surface area contributed by atoms with Gasteiger partial charge in [0.05, 0.1) is 19.1 Å². The fraction of sp³-hybridized carbons (Fsp3) is 0.385. The number of fused-ring (bicyclic) bond motifs is 1. The molecule has 9 heteroatoms. The quantitative estimate of drug-likeness (QED) is 0.529. The lowest BCUT2D eigenvalue weighted by Crippen LogP contribution is -2.56. The van der Waals surface area contributed by atoms with Gasteiger partial charge in [-0.25, -0.2) is 4.79 Å². The molecule has 3 atom stereocenters. The summed E-state index contributed by atoms with van der Waals surface area (Å²) in [7, 11) is 0. The van der Waals surface area contributed by atoms with Gasteiger partial charge in [-0.05, 0) is 30.0 Å². The Morgan fingerprint density at radius 2 is 1.69 bits per heavy atom. The molecule has 3 rings (SSSR count). The number of nitrogens with one attached hydrogen (secondary N) is 1. The Morgan fingerprint density at radius 3 is 2.34 bits per heavy atom. The zero-order valence-corrected chi connectivity index (χ0v) is 19.9. The molecule has 0 spiro atoms. The summed E-state index contributed by atoms with van der Waals surface area (Å²) in [6.45, 7) is 3.74. The van der Waals surface area contributed by atoms with Gasteiger partial charge in [0.1, 0.15) is 18.7 Å². The van der Waals surface area contributed by atoms with E-state index in [1.165, 1.54) is 4.90 Å². The van der Waals surface area contributed by atoms with Gasteiger partial charge < -0.3 is 20.5 Å². The number of rotatable bonds is 9. The van der Waals surface area contributed by atoms with Crippen LogP contribution in [-0.2, 0) is 43.4 Å². The zero-order valence-electron chi connectivity index (χ0n) is 19.9. The summed E-state index contributed by atoms with van der Waals surface area (Å²) in [5.74, 6) is -2.45. The van der Waals surface area contributed by atoms with Crippen LogP contribution in [0.1, 0.15) is 37.0 Å². The van der Waals surface area contributed by atoms with Crippen molar-refractivity contribution in [2.45, 2.75) is 51.9 Å². The number of ether oxygens (including phenoxy) is 2. The number of hydrogen-bond donors (Lipinski definition) is 2. The predicted octanol–water partition coefficient (Wildman–Crippen LogP) is 2.31. The normalized spacial score (nSPS) is 16.4. The lowest BCUT2D eigenvalue weighted by atomic mass is 9.93. The third-order valence-electron chi connectivity index (χ3n) is 5.93. The Labute approximate surface area is 204 Å². The molecule has 1 aliphatic rings. The van der Waals surface area contributed by atoms with Crippen molar-refractivity contribution >= 4 is 23.9 Å². The molecule has 9 nitrogen and oxygen atoms in total. The molecule has 0 radical (unpaired) electrons. The SMILES string of the molecule is CCOC(=O)[C@@H](C)C[C@@H](NC(=O)[C@@H]1Cc2ccccc2CN1C(=O)OCc1ccccc1)C(N)=O. The highest BCUT2D eigenvalue weighted by Gasteiger charge is 2.37. The highest BCUT2D eigenvalue weighted by molar-refractivity contribution is 5.91. The minimum absolute atomic E-state index is 0.0122. The van der Waals surface area contributed by atoms with Gasteiger partial charge in [-0.15, -0.1) is 0 Å². The first-order chi connectivity index (χ1) is 16.8. The van der Waals surface area contributed by atoms with Gasteiger partial charge in [-0.2, -0.15) is 0 Å². The molecule has 0 fully saturated rings. The summed E-state index contributed by atoms with van der Waals surface area (Å²) in [6.07, 6.45) is -0.401. The summed E-state index contributed by atoms with van der Waals surface area (Å²) >= 11 is 0. The number of esters is 1. The molecule has 186 valence electrons. The second-order valence-corrected chi connectivity index (χ2v) is 8.51. The van der Waals surface area contributed by atoms with Crippen LogP contribution in [0.5, 0.6) is 0 Å². The highest BCUT2D eigenvalue weighted by Crippen LogP contribution is 2.25. The van der Waals surface area contributed by atoms with Crippen LogP contribution < -0.4 is 11.1 Å². The number of carbonyl (C=O) groups excluding carboxylic acids is 4. The van der Waals surface area contributed by atoms with Crippen LogP contribution in [0.3, 0.4) is 0 Å². The van der Waals surface area contributed by atoms with Gasteiger partial charge in [0.15, 0.2) is 0 Å². The Morgan fingerprint density at radius 1 is 1.03 bits per heavy atom. The van der Waals surface area contributed by atoms with Crippen LogP contribution in [0.4, 0.5) is 4.79 Å². The molecule has 0 saturated carbocycles. The average molecular weight is 482 g/mol. The van der Waals surface area contributed by atoms with E-state index >= 15 is 0 Å². The van der Waals surface area contributed by atoms with E-state index in [1.54, 1.807) is 13.8 Å². The van der Waals surface area contributed by atoms with Crippen molar-refractivity contribution < 1.29 is 28.7 Å². The van der Waals surface area contributed by atoms with Crippen LogP contribution in [0.15, 0.2) is 54.6 Å². The number of nitrogens with two attached hydrogens (primary N) is 1. The van der Waals surface area contributed by atoms with E-state index in [0.717, 1.165) is 16.7 Å². The van der Waals surface area contributed by atoms with E-state index in [4.69, 9.17) is 15.2 Å². The molecule has 3 amide bonds. The molecular formula is C26H31N3O6. The second-order valence-electron chi connectivity index (χ2n) is 8.51. The van der Waals surface area contributed by atoms with E-state index < -0.39 is 41.9 Å². The van der Waals surface area contributed by atoms with E-state index in [9.17, 15) is 19.2 Å². The minimum Gasteiger partial charge on any atom is -0.466 e. The van der Waals surface area contributed by atoms with Crippen molar-refractivity contribution in [2.24, 2.45) is 11.7 Å². The molecule has 0 bridgehead atoms. The van der Waals surface area contributed by atoms with E-state index in [0.29, 0.717) is 0 Å². The molecule has 0 saturated heterocycles. The molecule has 2 aromatic carbocycles. The Hall–Kier alpha value is -3.88. The molecule has 0 aromatic heterocycles. The number of benzene rings is 2. The highest BCUT2D eigenvalue weighted by atomic mass is 16.6. The fourth-order valence-corrected chi connectivity index (χ4v) is 4.00. The Balaban J connectivity index is 1.75. The predicted molar refractivity (Wildman–Crippen MR) is 128 cm³/mol. The third kappa shape index (κ3) is 6.81. The van der Waals surface area contributed by atoms with E-state index in [2.05, 4.69) is 5.32 Å². The van der Waals surface area contributed by atoms with Crippen molar-refractivity contribution in [1.29, 1.82) is 0 Å². The lowest BCUT2D eigenvalue weighted by Gasteiger charge is -2.36. The van der Waals surface area contributed by atoms with Gasteiger partial charge in [0.2, 0.25) is 11.8 Å². The summed E-state index contributed by atoms with van der Waals surface area (Å²) in [4.78, 5) is 51.7. The van der Waals surface area contributed by atoms with Gasteiger partial charge >= 0.3 is 12.1 Å². The summed E-state index contributed by atoms with van der Waals surface area (Å²) in [6, 6.07) is 14.8. The summed E-state index contributed by atoms with van der Waals surface area (Å²) in [5, 5.41) is 2.63. The molecule has 3 N–H and O–H groups in total. The molecule has 2 aromatic rings. The van der Waals surface area contributed by atoms with Crippen LogP contribution in [-0.4, -0.2) is 47.5 Å². The maximum atomic E-state index is 13.3. The van der Waals surface area contributed by atoms with Crippen LogP contribution in [0, 0.1) is 5.92 Å². The van der Waals surface area contributed by atoms with Crippen molar-refractivity contribution in [1.82, 2.24) is 10.2 Å². The standard InChI is InChI=1S/C26H31N3O6/c1-3-34-25(32)17(2)13-21(23(27)30)28-24(31)22-14-19-11-7-8-12-20(19)15-29(22)26(33)35-16-18-9-5-4-6-10-18/h4-12,17,21-22H,3,13-16H2,1-2H3,(H2,27,30)(H,28,31)/t17-,21+,22-/m0/s1. The molecule has 0 aliphatic carbocycles. The minimum atomic E-state index is -1.10. The average Bonchev–Trinajstić information content (AvgIpc) is 2.86. The fourth-order valence-electron chi connectivity index (χ4n) is 4.00. The number of nitrogens with zero attached hydrogens (tertiary/aromatic N) is 1. The van der Waals surface area contributed by atoms with Crippen molar-refractivity contribution in [3.05, 3.63) is 71.3 Å². The van der Waals surface area contributed by atoms with E-state index in [-0.39, 0.29) is 32.6 Å². The lowest BCUT2D eigenvalue weighted by molar-refractivity contribution is -0.148. The van der Waals surface area contributed by atoms with E-state index in [1.807, 2.05) is 54.6 Å². The second kappa shape index (κ2) is 12.0. The molecule has 1 heterocycles. The van der Waals surface area contributed by atoms with Gasteiger partial charge in [-0.1, -0.05) is 61.5 Å². The van der Waals surface area contributed by atoms with Crippen LogP contribution in [0.2, 0.25) is 0 Å². The van der Waals surface area contributed by atoms with Gasteiger partial charge in [-0.3, -0.25) is 19.3 Å². The topological polar surface area (TPSA) is 128 Å². The zero-order chi connectivity index (χ0) is 25.4. The van der Waals surface area contributed by atoms with Crippen molar-refractivity contribution in [3.8, 4) is 0 Å². The maximum absolute atomic E-state index is 13.3. The van der Waals surface area contributed by atoms with Crippen LogP contribution >= 0.6 is 0 Å². The third-order valence-corrected chi connectivity index (χ3v) is 5.93. The first kappa shape index (κ1) is 25.7. The number of carbonyl (C=O) groups is 4. The molecule has 0 unspecified atom stereocenters. The number of hydrogen-bond acceptors (Lipinski definition) is 6. The van der Waals surface area contributed by atoms with Crippen molar-refractivity contribution in [3.63, 3.8) is 0 Å². The first-order valence-corrected chi connectivity index (χ1v) is 11.6. The smallest absolute Gasteiger partial charge is 0.411 e.